The van der Waals surface area contributed by atoms with Gasteiger partial charge in [-0.05, 0) is 25.1 Å². The van der Waals surface area contributed by atoms with E-state index >= 15 is 0 Å². The molecule has 9 heteroatoms. The number of nitro benzene ring substituents is 1. The second-order valence-corrected chi connectivity index (χ2v) is 6.37. The first kappa shape index (κ1) is 17.1. The van der Waals surface area contributed by atoms with Crippen LogP contribution in [0.5, 0.6) is 5.75 Å². The molecule has 1 amide bonds. The Morgan fingerprint density at radius 1 is 1.40 bits per heavy atom. The van der Waals surface area contributed by atoms with Crippen molar-refractivity contribution in [2.75, 3.05) is 11.9 Å². The lowest BCUT2D eigenvalue weighted by atomic mass is 10.2. The summed E-state index contributed by atoms with van der Waals surface area (Å²) in [5.41, 5.74) is 0.624. The van der Waals surface area contributed by atoms with Crippen molar-refractivity contribution in [1.29, 1.82) is 0 Å². The third kappa shape index (κ3) is 3.54. The molecule has 0 fully saturated rings. The predicted octanol–water partition coefficient (Wildman–Crippen LogP) is 4.51. The average molecular weight is 378 g/mol. The van der Waals surface area contributed by atoms with Gasteiger partial charge in [0.25, 0.3) is 11.6 Å². The lowest BCUT2D eigenvalue weighted by Crippen LogP contribution is -2.12. The van der Waals surface area contributed by atoms with Crippen LogP contribution in [0.4, 0.5) is 10.8 Å². The highest BCUT2D eigenvalue weighted by Gasteiger charge is 2.17. The molecule has 0 saturated heterocycles. The number of ether oxygens (including phenoxy) is 1. The molecule has 0 aliphatic rings. The van der Waals surface area contributed by atoms with Gasteiger partial charge in [-0.25, -0.2) is 4.98 Å². The van der Waals surface area contributed by atoms with Gasteiger partial charge in [0.2, 0.25) is 0 Å². The van der Waals surface area contributed by atoms with Crippen LogP contribution in [-0.4, -0.2) is 22.4 Å². The Kier molecular flexibility index (Phi) is 4.82. The van der Waals surface area contributed by atoms with Gasteiger partial charge < -0.3 is 4.74 Å². The van der Waals surface area contributed by atoms with E-state index in [1.165, 1.54) is 23.5 Å². The summed E-state index contributed by atoms with van der Waals surface area (Å²) in [5, 5.41) is 13.8. The minimum atomic E-state index is -0.573. The fraction of sp³-hybridized carbons (Fsp3) is 0.125. The standard InChI is InChI=1S/C16H12ClN3O4S/c1-2-24-12-4-3-5-13-14(12)18-16(25-13)19-15(21)10-7-6-9(20(22)23)8-11(10)17/h3-8H,2H2,1H3,(H,18,19,21). The lowest BCUT2D eigenvalue weighted by Gasteiger charge is -2.04. The maximum Gasteiger partial charge on any atom is 0.270 e. The molecule has 128 valence electrons. The van der Waals surface area contributed by atoms with E-state index in [2.05, 4.69) is 10.3 Å². The maximum atomic E-state index is 12.4. The van der Waals surface area contributed by atoms with Gasteiger partial charge >= 0.3 is 0 Å². The summed E-state index contributed by atoms with van der Waals surface area (Å²) in [7, 11) is 0. The van der Waals surface area contributed by atoms with Gasteiger partial charge in [0.05, 0.1) is 26.8 Å². The molecule has 0 unspecified atom stereocenters. The molecule has 0 aliphatic carbocycles. The Balaban J connectivity index is 1.87. The first-order valence-corrected chi connectivity index (χ1v) is 8.46. The van der Waals surface area contributed by atoms with E-state index in [0.29, 0.717) is 23.0 Å². The van der Waals surface area contributed by atoms with E-state index in [4.69, 9.17) is 16.3 Å². The quantitative estimate of drug-likeness (QED) is 0.521. The van der Waals surface area contributed by atoms with Crippen molar-refractivity contribution >= 4 is 49.9 Å². The van der Waals surface area contributed by atoms with Gasteiger partial charge in [-0.2, -0.15) is 0 Å². The van der Waals surface area contributed by atoms with Crippen LogP contribution in [0.15, 0.2) is 36.4 Å². The van der Waals surface area contributed by atoms with Gasteiger partial charge in [-0.3, -0.25) is 20.2 Å². The summed E-state index contributed by atoms with van der Waals surface area (Å²) >= 11 is 7.28. The summed E-state index contributed by atoms with van der Waals surface area (Å²) in [4.78, 5) is 26.9. The van der Waals surface area contributed by atoms with Crippen molar-refractivity contribution in [3.8, 4) is 5.75 Å². The molecule has 0 aliphatic heterocycles. The third-order valence-corrected chi connectivity index (χ3v) is 4.56. The van der Waals surface area contributed by atoms with Gasteiger partial charge in [-0.1, -0.05) is 29.0 Å². The number of para-hydroxylation sites is 1. The van der Waals surface area contributed by atoms with Gasteiger partial charge in [0.15, 0.2) is 5.13 Å². The predicted molar refractivity (Wildman–Crippen MR) is 96.8 cm³/mol. The summed E-state index contributed by atoms with van der Waals surface area (Å²) in [6.45, 7) is 2.39. The number of amides is 1. The zero-order valence-corrected chi connectivity index (χ0v) is 14.6. The van der Waals surface area contributed by atoms with Crippen LogP contribution in [-0.2, 0) is 0 Å². The monoisotopic (exact) mass is 377 g/mol. The largest absolute Gasteiger partial charge is 0.492 e. The Morgan fingerprint density at radius 2 is 2.20 bits per heavy atom. The number of benzene rings is 2. The summed E-state index contributed by atoms with van der Waals surface area (Å²) in [6.07, 6.45) is 0. The van der Waals surface area contributed by atoms with Crippen LogP contribution < -0.4 is 10.1 Å². The lowest BCUT2D eigenvalue weighted by molar-refractivity contribution is -0.384. The highest BCUT2D eigenvalue weighted by molar-refractivity contribution is 7.22. The molecular weight excluding hydrogens is 366 g/mol. The van der Waals surface area contributed by atoms with Crippen LogP contribution in [0.3, 0.4) is 0 Å². The molecule has 0 atom stereocenters. The maximum absolute atomic E-state index is 12.4. The Hall–Kier alpha value is -2.71. The molecule has 25 heavy (non-hydrogen) atoms. The van der Waals surface area contributed by atoms with Crippen LogP contribution in [0.25, 0.3) is 10.2 Å². The highest BCUT2D eigenvalue weighted by Crippen LogP contribution is 2.33. The SMILES string of the molecule is CCOc1cccc2sc(NC(=O)c3ccc([N+](=O)[O-])cc3Cl)nc12. The average Bonchev–Trinajstić information content (AvgIpc) is 2.98. The number of carbonyl (C=O) groups is 1. The number of nitro groups is 1. The van der Waals surface area contributed by atoms with Crippen molar-refractivity contribution in [1.82, 2.24) is 4.98 Å². The Labute approximate surface area is 151 Å². The molecule has 1 N–H and O–H groups in total. The number of thiazole rings is 1. The molecule has 2 aromatic carbocycles. The fourth-order valence-corrected chi connectivity index (χ4v) is 3.35. The number of carbonyl (C=O) groups excluding carboxylic acids is 1. The van der Waals surface area contributed by atoms with E-state index < -0.39 is 10.8 Å². The number of halogens is 1. The van der Waals surface area contributed by atoms with Crippen molar-refractivity contribution in [2.24, 2.45) is 0 Å². The molecule has 3 aromatic rings. The number of hydrogen-bond acceptors (Lipinski definition) is 6. The van der Waals surface area contributed by atoms with Gasteiger partial charge in [-0.15, -0.1) is 0 Å². The van der Waals surface area contributed by atoms with Gasteiger partial charge in [0.1, 0.15) is 11.3 Å². The minimum absolute atomic E-state index is 0.00261. The molecular formula is C16H12ClN3O4S. The first-order valence-electron chi connectivity index (χ1n) is 7.27. The molecule has 0 spiro atoms. The number of hydrogen-bond donors (Lipinski definition) is 1. The molecule has 1 aromatic heterocycles. The smallest absolute Gasteiger partial charge is 0.270 e. The number of nitrogens with zero attached hydrogens (tertiary/aromatic N) is 2. The van der Waals surface area contributed by atoms with Crippen LogP contribution in [0.2, 0.25) is 5.02 Å². The second-order valence-electron chi connectivity index (χ2n) is 4.93. The Morgan fingerprint density at radius 3 is 2.88 bits per heavy atom. The van der Waals surface area contributed by atoms with E-state index in [-0.39, 0.29) is 16.3 Å². The molecule has 3 rings (SSSR count). The number of nitrogens with one attached hydrogen (secondary N) is 1. The van der Waals surface area contributed by atoms with E-state index in [1.54, 1.807) is 0 Å². The van der Waals surface area contributed by atoms with Gasteiger partial charge in [0, 0.05) is 12.1 Å². The Bertz CT molecular complexity index is 973. The summed E-state index contributed by atoms with van der Waals surface area (Å²) in [5.74, 6) is 0.155. The molecule has 0 saturated carbocycles. The second kappa shape index (κ2) is 7.04. The number of anilines is 1. The molecule has 0 radical (unpaired) electrons. The molecule has 1 heterocycles. The zero-order valence-electron chi connectivity index (χ0n) is 13.0. The van der Waals surface area contributed by atoms with Crippen LogP contribution in [0.1, 0.15) is 17.3 Å². The van der Waals surface area contributed by atoms with Crippen molar-refractivity contribution in [3.05, 3.63) is 57.1 Å². The zero-order chi connectivity index (χ0) is 18.0. The molecule has 0 bridgehead atoms. The van der Waals surface area contributed by atoms with Crippen molar-refractivity contribution < 1.29 is 14.5 Å². The summed E-state index contributed by atoms with van der Waals surface area (Å²) < 4.78 is 6.39. The van der Waals surface area contributed by atoms with Crippen molar-refractivity contribution in [3.63, 3.8) is 0 Å². The van der Waals surface area contributed by atoms with Crippen molar-refractivity contribution in [2.45, 2.75) is 6.92 Å². The van der Waals surface area contributed by atoms with Crippen LogP contribution >= 0.6 is 22.9 Å². The highest BCUT2D eigenvalue weighted by atomic mass is 35.5. The number of rotatable bonds is 5. The minimum Gasteiger partial charge on any atom is -0.492 e. The normalized spacial score (nSPS) is 10.6. The topological polar surface area (TPSA) is 94.4 Å². The van der Waals surface area contributed by atoms with E-state index in [9.17, 15) is 14.9 Å². The number of non-ortho nitro benzene ring substituents is 1. The fourth-order valence-electron chi connectivity index (χ4n) is 2.21. The van der Waals surface area contributed by atoms with E-state index in [1.807, 2.05) is 25.1 Å². The number of aromatic nitrogens is 1. The third-order valence-electron chi connectivity index (χ3n) is 3.31. The molecule has 7 nitrogen and oxygen atoms in total. The van der Waals surface area contributed by atoms with Crippen LogP contribution in [0, 0.1) is 10.1 Å². The van der Waals surface area contributed by atoms with E-state index in [0.717, 1.165) is 10.8 Å². The summed E-state index contributed by atoms with van der Waals surface area (Å²) in [6, 6.07) is 9.22. The number of fused-ring (bicyclic) bond motifs is 1. The first-order chi connectivity index (χ1) is 12.0.